The van der Waals surface area contributed by atoms with Crippen LogP contribution in [0.2, 0.25) is 0 Å². The molecular weight excluding hydrogens is 428 g/mol. The van der Waals surface area contributed by atoms with Crippen LogP contribution in [0.25, 0.3) is 0 Å². The van der Waals surface area contributed by atoms with E-state index in [4.69, 9.17) is 14.7 Å². The van der Waals surface area contributed by atoms with Gasteiger partial charge in [0.2, 0.25) is 0 Å². The van der Waals surface area contributed by atoms with Gasteiger partial charge in [-0.15, -0.1) is 0 Å². The molecule has 0 aliphatic carbocycles. The van der Waals surface area contributed by atoms with Gasteiger partial charge in [0.25, 0.3) is 0 Å². The molecule has 2 saturated heterocycles. The van der Waals surface area contributed by atoms with Crippen molar-refractivity contribution in [1.82, 2.24) is 15.1 Å². The Bertz CT molecular complexity index is 1000. The first kappa shape index (κ1) is 23.9. The fraction of sp³-hybridized carbons (Fsp3) is 0.481. The van der Waals surface area contributed by atoms with Crippen molar-refractivity contribution in [3.63, 3.8) is 0 Å². The van der Waals surface area contributed by atoms with Gasteiger partial charge in [0.05, 0.1) is 25.9 Å². The number of nitrogens with zero attached hydrogens (tertiary/aromatic N) is 3. The van der Waals surface area contributed by atoms with Crippen molar-refractivity contribution >= 4 is 6.03 Å². The van der Waals surface area contributed by atoms with E-state index in [2.05, 4.69) is 28.4 Å². The molecule has 2 unspecified atom stereocenters. The normalized spacial score (nSPS) is 19.9. The van der Waals surface area contributed by atoms with E-state index in [1.54, 1.807) is 14.2 Å². The highest BCUT2D eigenvalue weighted by Gasteiger charge is 2.35. The predicted octanol–water partition coefficient (Wildman–Crippen LogP) is 3.32. The van der Waals surface area contributed by atoms with Gasteiger partial charge in [-0.25, -0.2) is 4.79 Å². The standard InChI is InChI=1S/C27H34N4O3/c1-33-25-8-7-21(14-26(25)34-2)10-12-30-16-23-13-24(17-30)19-31(18-23)27(32)29-11-9-20-3-5-22(15-28)6-4-20/h3-8,14,23-24H,9-13,16-19H2,1-2H3,(H,29,32). The number of amides is 2. The summed E-state index contributed by atoms with van der Waals surface area (Å²) in [5, 5.41) is 12.0. The number of hydrogen-bond donors (Lipinski definition) is 1. The molecule has 0 spiro atoms. The first-order chi connectivity index (χ1) is 16.6. The van der Waals surface area contributed by atoms with Crippen molar-refractivity contribution in [3.8, 4) is 17.6 Å². The van der Waals surface area contributed by atoms with Gasteiger partial charge in [-0.05, 0) is 66.5 Å². The van der Waals surface area contributed by atoms with Gasteiger partial charge in [0.15, 0.2) is 11.5 Å². The molecule has 0 radical (unpaired) electrons. The fourth-order valence-electron chi connectivity index (χ4n) is 5.23. The Balaban J connectivity index is 1.22. The van der Waals surface area contributed by atoms with E-state index in [1.807, 2.05) is 35.2 Å². The summed E-state index contributed by atoms with van der Waals surface area (Å²) in [4.78, 5) is 17.3. The van der Waals surface area contributed by atoms with Crippen LogP contribution >= 0.6 is 0 Å². The second-order valence-corrected chi connectivity index (χ2v) is 9.36. The van der Waals surface area contributed by atoms with Gasteiger partial charge < -0.3 is 24.6 Å². The molecule has 1 N–H and O–H groups in total. The number of carbonyl (C=O) groups excluding carboxylic acids is 1. The average molecular weight is 463 g/mol. The van der Waals surface area contributed by atoms with Gasteiger partial charge in [0.1, 0.15) is 0 Å². The van der Waals surface area contributed by atoms with Gasteiger partial charge in [0, 0.05) is 39.3 Å². The third kappa shape index (κ3) is 6.00. The smallest absolute Gasteiger partial charge is 0.317 e. The topological polar surface area (TPSA) is 77.8 Å². The summed E-state index contributed by atoms with van der Waals surface area (Å²) in [5.41, 5.74) is 3.03. The highest BCUT2D eigenvalue weighted by atomic mass is 16.5. The Kier molecular flexibility index (Phi) is 7.91. The third-order valence-corrected chi connectivity index (χ3v) is 6.88. The van der Waals surface area contributed by atoms with E-state index in [1.165, 1.54) is 12.0 Å². The fourth-order valence-corrected chi connectivity index (χ4v) is 5.23. The minimum absolute atomic E-state index is 0.0436. The molecule has 2 aliphatic heterocycles. The summed E-state index contributed by atoms with van der Waals surface area (Å²) in [6, 6.07) is 15.9. The lowest BCUT2D eigenvalue weighted by atomic mass is 9.84. The van der Waals surface area contributed by atoms with E-state index in [0.717, 1.165) is 62.6 Å². The highest BCUT2D eigenvalue weighted by molar-refractivity contribution is 5.74. The average Bonchev–Trinajstić information content (AvgIpc) is 2.87. The SMILES string of the molecule is COc1ccc(CCN2CC3CC(C2)CN(C(=O)NCCc2ccc(C#N)cc2)C3)cc1OC. The quantitative estimate of drug-likeness (QED) is 0.651. The van der Waals surface area contributed by atoms with Crippen LogP contribution < -0.4 is 14.8 Å². The number of nitriles is 1. The first-order valence-electron chi connectivity index (χ1n) is 12.0. The number of likely N-dealkylation sites (tertiary alicyclic amines) is 2. The van der Waals surface area contributed by atoms with Gasteiger partial charge in [-0.1, -0.05) is 18.2 Å². The number of hydrogen-bond acceptors (Lipinski definition) is 5. The monoisotopic (exact) mass is 462 g/mol. The summed E-state index contributed by atoms with van der Waals surface area (Å²) in [6.45, 7) is 5.35. The second kappa shape index (κ2) is 11.3. The number of ether oxygens (including phenoxy) is 2. The molecule has 2 bridgehead atoms. The lowest BCUT2D eigenvalue weighted by molar-refractivity contribution is 0.0472. The van der Waals surface area contributed by atoms with Crippen molar-refractivity contribution in [2.24, 2.45) is 11.8 Å². The number of piperidine rings is 2. The van der Waals surface area contributed by atoms with Crippen LogP contribution in [0.4, 0.5) is 4.79 Å². The number of carbonyl (C=O) groups is 1. The summed E-state index contributed by atoms with van der Waals surface area (Å²) >= 11 is 0. The van der Waals surface area contributed by atoms with E-state index in [-0.39, 0.29) is 6.03 Å². The van der Waals surface area contributed by atoms with E-state index >= 15 is 0 Å². The van der Waals surface area contributed by atoms with Crippen molar-refractivity contribution in [1.29, 1.82) is 5.26 Å². The minimum Gasteiger partial charge on any atom is -0.493 e. The Morgan fingerprint density at radius 3 is 2.29 bits per heavy atom. The molecule has 2 aliphatic rings. The number of nitrogens with one attached hydrogen (secondary N) is 1. The molecule has 2 fully saturated rings. The van der Waals surface area contributed by atoms with Crippen molar-refractivity contribution in [2.45, 2.75) is 19.3 Å². The van der Waals surface area contributed by atoms with Crippen molar-refractivity contribution in [2.75, 3.05) is 53.5 Å². The zero-order chi connectivity index (χ0) is 23.9. The van der Waals surface area contributed by atoms with Crippen LogP contribution in [0.3, 0.4) is 0 Å². The van der Waals surface area contributed by atoms with Crippen molar-refractivity contribution in [3.05, 3.63) is 59.2 Å². The third-order valence-electron chi connectivity index (χ3n) is 6.88. The molecule has 2 atom stereocenters. The molecule has 2 aromatic carbocycles. The number of urea groups is 1. The maximum Gasteiger partial charge on any atom is 0.317 e. The molecule has 0 aromatic heterocycles. The van der Waals surface area contributed by atoms with E-state index in [0.29, 0.717) is 23.9 Å². The molecule has 34 heavy (non-hydrogen) atoms. The zero-order valence-corrected chi connectivity index (χ0v) is 20.1. The molecule has 0 saturated carbocycles. The molecule has 7 heteroatoms. The molecule has 180 valence electrons. The predicted molar refractivity (Wildman–Crippen MR) is 131 cm³/mol. The minimum atomic E-state index is 0.0436. The zero-order valence-electron chi connectivity index (χ0n) is 20.1. The molecule has 4 rings (SSSR count). The Labute approximate surface area is 202 Å². The van der Waals surface area contributed by atoms with Crippen LogP contribution in [-0.2, 0) is 12.8 Å². The number of fused-ring (bicyclic) bond motifs is 2. The van der Waals surface area contributed by atoms with Gasteiger partial charge in [-0.3, -0.25) is 0 Å². The summed E-state index contributed by atoms with van der Waals surface area (Å²) < 4.78 is 10.8. The molecule has 2 amide bonds. The van der Waals surface area contributed by atoms with Crippen LogP contribution in [-0.4, -0.2) is 69.3 Å². The van der Waals surface area contributed by atoms with Crippen LogP contribution in [0.5, 0.6) is 11.5 Å². The van der Waals surface area contributed by atoms with Gasteiger partial charge in [-0.2, -0.15) is 5.26 Å². The van der Waals surface area contributed by atoms with E-state index < -0.39 is 0 Å². The lowest BCUT2D eigenvalue weighted by Gasteiger charge is -2.45. The Hall–Kier alpha value is -3.24. The maximum absolute atomic E-state index is 12.8. The molecular formula is C27H34N4O3. The Morgan fingerprint density at radius 2 is 1.65 bits per heavy atom. The largest absolute Gasteiger partial charge is 0.493 e. The summed E-state index contributed by atoms with van der Waals surface area (Å²) in [5.74, 6) is 2.59. The number of rotatable bonds is 8. The van der Waals surface area contributed by atoms with E-state index in [9.17, 15) is 4.79 Å². The lowest BCUT2D eigenvalue weighted by Crippen LogP contribution is -2.56. The first-order valence-corrected chi connectivity index (χ1v) is 12.0. The number of benzene rings is 2. The van der Waals surface area contributed by atoms with Crippen LogP contribution in [0.1, 0.15) is 23.1 Å². The number of methoxy groups -OCH3 is 2. The summed E-state index contributed by atoms with van der Waals surface area (Å²) in [7, 11) is 3.32. The summed E-state index contributed by atoms with van der Waals surface area (Å²) in [6.07, 6.45) is 2.95. The Morgan fingerprint density at radius 1 is 0.971 bits per heavy atom. The molecule has 2 heterocycles. The molecule has 2 aromatic rings. The maximum atomic E-state index is 12.8. The molecule has 7 nitrogen and oxygen atoms in total. The van der Waals surface area contributed by atoms with Crippen LogP contribution in [0.15, 0.2) is 42.5 Å². The second-order valence-electron chi connectivity index (χ2n) is 9.36. The van der Waals surface area contributed by atoms with Crippen molar-refractivity contribution < 1.29 is 14.3 Å². The highest BCUT2D eigenvalue weighted by Crippen LogP contribution is 2.30. The van der Waals surface area contributed by atoms with Gasteiger partial charge >= 0.3 is 6.03 Å². The van der Waals surface area contributed by atoms with Crippen LogP contribution in [0, 0.1) is 23.2 Å².